The van der Waals surface area contributed by atoms with Gasteiger partial charge in [-0.2, -0.15) is 4.31 Å². The van der Waals surface area contributed by atoms with Crippen LogP contribution in [0, 0.1) is 24.7 Å². The highest BCUT2D eigenvalue weighted by atomic mass is 32.2. The molecular weight excluding hydrogens is 344 g/mol. The molecule has 0 atom stereocenters. The summed E-state index contributed by atoms with van der Waals surface area (Å²) in [5, 5.41) is 0. The standard InChI is InChI=1S/C21H30N2O2S/c1-16-2-4-20(5-3-16)26(24,25)23-8-6-22(7-9-23)21-13-17-10-18(14-21)12-19(11-17)15-21/h2-5,17-19H,6-15H2,1H3. The van der Waals surface area contributed by atoms with E-state index in [9.17, 15) is 8.42 Å². The highest BCUT2D eigenvalue weighted by Crippen LogP contribution is 2.57. The lowest BCUT2D eigenvalue weighted by Crippen LogP contribution is -2.64. The summed E-state index contributed by atoms with van der Waals surface area (Å²) in [4.78, 5) is 3.12. The summed E-state index contributed by atoms with van der Waals surface area (Å²) >= 11 is 0. The maximum absolute atomic E-state index is 13.0. The Morgan fingerprint density at radius 3 is 1.85 bits per heavy atom. The fourth-order valence-electron chi connectivity index (χ4n) is 6.71. The van der Waals surface area contributed by atoms with Crippen LogP contribution in [-0.4, -0.2) is 49.3 Å². The highest BCUT2D eigenvalue weighted by Gasteiger charge is 2.53. The molecule has 1 saturated heterocycles. The monoisotopic (exact) mass is 374 g/mol. The van der Waals surface area contributed by atoms with Crippen LogP contribution in [0.3, 0.4) is 0 Å². The van der Waals surface area contributed by atoms with Crippen LogP contribution in [-0.2, 0) is 10.0 Å². The molecule has 1 heterocycles. The molecule has 0 aromatic heterocycles. The maximum atomic E-state index is 13.0. The van der Waals surface area contributed by atoms with E-state index in [-0.39, 0.29) is 0 Å². The molecule has 0 radical (unpaired) electrons. The minimum Gasteiger partial charge on any atom is -0.295 e. The van der Waals surface area contributed by atoms with E-state index >= 15 is 0 Å². The minimum absolute atomic E-state index is 0.397. The third kappa shape index (κ3) is 2.74. The largest absolute Gasteiger partial charge is 0.295 e. The van der Waals surface area contributed by atoms with Crippen molar-refractivity contribution >= 4 is 10.0 Å². The normalized spacial score (nSPS) is 38.0. The smallest absolute Gasteiger partial charge is 0.243 e. The summed E-state index contributed by atoms with van der Waals surface area (Å²) in [5.74, 6) is 2.82. The number of piperazine rings is 1. The summed E-state index contributed by atoms with van der Waals surface area (Å²) < 4.78 is 27.6. The van der Waals surface area contributed by atoms with Crippen LogP contribution in [0.1, 0.15) is 44.1 Å². The Labute approximate surface area is 157 Å². The van der Waals surface area contributed by atoms with Crippen molar-refractivity contribution in [2.75, 3.05) is 26.2 Å². The zero-order chi connectivity index (χ0) is 17.9. The van der Waals surface area contributed by atoms with Crippen molar-refractivity contribution in [2.45, 2.75) is 55.9 Å². The number of rotatable bonds is 3. The average Bonchev–Trinajstić information content (AvgIpc) is 2.61. The topological polar surface area (TPSA) is 40.6 Å². The second-order valence-electron chi connectivity index (χ2n) is 9.35. The lowest BCUT2D eigenvalue weighted by molar-refractivity contribution is -0.0964. The Bertz CT molecular complexity index is 743. The predicted molar refractivity (Wildman–Crippen MR) is 102 cm³/mol. The fraction of sp³-hybridized carbons (Fsp3) is 0.714. The van der Waals surface area contributed by atoms with E-state index in [2.05, 4.69) is 4.90 Å². The van der Waals surface area contributed by atoms with Crippen molar-refractivity contribution in [2.24, 2.45) is 17.8 Å². The van der Waals surface area contributed by atoms with Crippen LogP contribution in [0.4, 0.5) is 0 Å². The Morgan fingerprint density at radius 2 is 1.35 bits per heavy atom. The summed E-state index contributed by atoms with van der Waals surface area (Å²) in [7, 11) is -3.35. The minimum atomic E-state index is -3.35. The summed E-state index contributed by atoms with van der Waals surface area (Å²) in [5.41, 5.74) is 1.49. The summed E-state index contributed by atoms with van der Waals surface area (Å²) in [6.07, 6.45) is 8.47. The molecule has 5 fully saturated rings. The van der Waals surface area contributed by atoms with Gasteiger partial charge < -0.3 is 0 Å². The van der Waals surface area contributed by atoms with Gasteiger partial charge in [0.1, 0.15) is 0 Å². The Kier molecular flexibility index (Phi) is 4.00. The van der Waals surface area contributed by atoms with Crippen LogP contribution in [0.2, 0.25) is 0 Å². The molecule has 0 amide bonds. The molecule has 0 N–H and O–H groups in total. The van der Waals surface area contributed by atoms with Gasteiger partial charge in [0.2, 0.25) is 10.0 Å². The molecule has 1 aliphatic heterocycles. The van der Waals surface area contributed by atoms with Gasteiger partial charge in [0.15, 0.2) is 0 Å². The first-order chi connectivity index (χ1) is 12.4. The van der Waals surface area contributed by atoms with Crippen LogP contribution in [0.25, 0.3) is 0 Å². The van der Waals surface area contributed by atoms with E-state index < -0.39 is 10.0 Å². The molecule has 142 valence electrons. The van der Waals surface area contributed by atoms with Crippen LogP contribution in [0.15, 0.2) is 29.2 Å². The quantitative estimate of drug-likeness (QED) is 0.815. The number of hydrogen-bond acceptors (Lipinski definition) is 3. The molecule has 26 heavy (non-hydrogen) atoms. The zero-order valence-electron chi connectivity index (χ0n) is 15.7. The first-order valence-electron chi connectivity index (χ1n) is 10.3. The zero-order valence-corrected chi connectivity index (χ0v) is 16.5. The van der Waals surface area contributed by atoms with Crippen LogP contribution >= 0.6 is 0 Å². The van der Waals surface area contributed by atoms with Crippen molar-refractivity contribution in [1.82, 2.24) is 9.21 Å². The summed E-state index contributed by atoms with van der Waals surface area (Å²) in [6.45, 7) is 5.06. The molecule has 1 aromatic rings. The van der Waals surface area contributed by atoms with Gasteiger partial charge in [0.05, 0.1) is 4.90 Å². The summed E-state index contributed by atoms with van der Waals surface area (Å²) in [6, 6.07) is 7.27. The van der Waals surface area contributed by atoms with Crippen LogP contribution < -0.4 is 0 Å². The van der Waals surface area contributed by atoms with Gasteiger partial charge in [-0.15, -0.1) is 0 Å². The van der Waals surface area contributed by atoms with Crippen LogP contribution in [0.5, 0.6) is 0 Å². The Morgan fingerprint density at radius 1 is 0.846 bits per heavy atom. The van der Waals surface area contributed by atoms with E-state index in [4.69, 9.17) is 0 Å². The van der Waals surface area contributed by atoms with E-state index in [1.54, 1.807) is 16.4 Å². The van der Waals surface area contributed by atoms with Crippen molar-refractivity contribution in [1.29, 1.82) is 0 Å². The first-order valence-corrected chi connectivity index (χ1v) is 11.7. The third-order valence-electron chi connectivity index (χ3n) is 7.57. The number of aryl methyl sites for hydroxylation is 1. The number of hydrogen-bond donors (Lipinski definition) is 0. The molecule has 4 aliphatic carbocycles. The second-order valence-corrected chi connectivity index (χ2v) is 11.3. The molecule has 6 rings (SSSR count). The molecule has 4 bridgehead atoms. The third-order valence-corrected chi connectivity index (χ3v) is 9.49. The maximum Gasteiger partial charge on any atom is 0.243 e. The Balaban J connectivity index is 1.30. The number of benzene rings is 1. The van der Waals surface area contributed by atoms with Gasteiger partial charge >= 0.3 is 0 Å². The van der Waals surface area contributed by atoms with Gasteiger partial charge in [0, 0.05) is 31.7 Å². The fourth-order valence-corrected chi connectivity index (χ4v) is 8.14. The van der Waals surface area contributed by atoms with Gasteiger partial charge in [0.25, 0.3) is 0 Å². The van der Waals surface area contributed by atoms with Gasteiger partial charge in [-0.05, 0) is 75.3 Å². The van der Waals surface area contributed by atoms with Crippen molar-refractivity contribution in [3.8, 4) is 0 Å². The Hall–Kier alpha value is -0.910. The highest BCUT2D eigenvalue weighted by molar-refractivity contribution is 7.89. The van der Waals surface area contributed by atoms with Gasteiger partial charge in [-0.1, -0.05) is 17.7 Å². The number of nitrogens with zero attached hydrogens (tertiary/aromatic N) is 2. The average molecular weight is 375 g/mol. The van der Waals surface area contributed by atoms with E-state index in [1.165, 1.54) is 38.5 Å². The van der Waals surface area contributed by atoms with Gasteiger partial charge in [-0.25, -0.2) is 8.42 Å². The molecule has 4 saturated carbocycles. The molecular formula is C21H30N2O2S. The predicted octanol–water partition coefficient (Wildman–Crippen LogP) is 3.27. The van der Waals surface area contributed by atoms with E-state index in [0.717, 1.165) is 36.4 Å². The lowest BCUT2D eigenvalue weighted by Gasteiger charge is -2.61. The molecule has 4 nitrogen and oxygen atoms in total. The van der Waals surface area contributed by atoms with Crippen molar-refractivity contribution in [3.05, 3.63) is 29.8 Å². The number of sulfonamides is 1. The lowest BCUT2D eigenvalue weighted by atomic mass is 9.52. The first kappa shape index (κ1) is 17.2. The van der Waals surface area contributed by atoms with E-state index in [1.807, 2.05) is 19.1 Å². The molecule has 5 heteroatoms. The SMILES string of the molecule is Cc1ccc(S(=O)(=O)N2CCN(C34CC5CC(CC(C5)C3)C4)CC2)cc1. The van der Waals surface area contributed by atoms with Crippen molar-refractivity contribution < 1.29 is 8.42 Å². The molecule has 0 unspecified atom stereocenters. The van der Waals surface area contributed by atoms with Crippen molar-refractivity contribution in [3.63, 3.8) is 0 Å². The van der Waals surface area contributed by atoms with Gasteiger partial charge in [-0.3, -0.25) is 4.90 Å². The molecule has 5 aliphatic rings. The van der Waals surface area contributed by atoms with E-state index in [0.29, 0.717) is 23.5 Å². The molecule has 0 spiro atoms. The molecule has 1 aromatic carbocycles. The second kappa shape index (κ2) is 6.05.